The van der Waals surface area contributed by atoms with Gasteiger partial charge in [-0.25, -0.2) is 4.98 Å². The van der Waals surface area contributed by atoms with E-state index in [1.807, 2.05) is 12.2 Å². The maximum absolute atomic E-state index is 5.82. The van der Waals surface area contributed by atoms with E-state index in [0.29, 0.717) is 16.7 Å². The molecule has 1 aromatic heterocycles. The van der Waals surface area contributed by atoms with E-state index >= 15 is 0 Å². The molecule has 2 nitrogen and oxygen atoms in total. The highest BCUT2D eigenvalue weighted by Gasteiger charge is 1.97. The molecule has 0 radical (unpaired) electrons. The molecule has 1 aromatic rings. The lowest BCUT2D eigenvalue weighted by atomic mass is 10.2. The van der Waals surface area contributed by atoms with Crippen molar-refractivity contribution in [2.24, 2.45) is 0 Å². The van der Waals surface area contributed by atoms with Gasteiger partial charge < -0.3 is 5.73 Å². The quantitative estimate of drug-likeness (QED) is 0.624. The molecule has 1 rings (SSSR count). The van der Waals surface area contributed by atoms with E-state index in [1.54, 1.807) is 6.07 Å². The Bertz CT molecular complexity index is 310. The molecule has 0 aliphatic heterocycles. The second-order valence-electron chi connectivity index (χ2n) is 2.53. The van der Waals surface area contributed by atoms with Crippen molar-refractivity contribution >= 4 is 35.0 Å². The first-order chi connectivity index (χ1) is 6.24. The Labute approximate surface area is 87.4 Å². The predicted molar refractivity (Wildman–Crippen MR) is 58.0 cm³/mol. The fourth-order valence-corrected chi connectivity index (χ4v) is 1.16. The molecule has 2 N–H and O–H groups in total. The Morgan fingerprint density at radius 3 is 3.00 bits per heavy atom. The normalized spacial score (nSPS) is 10.9. The van der Waals surface area contributed by atoms with Crippen molar-refractivity contribution < 1.29 is 0 Å². The fraction of sp³-hybridized carbons (Fsp3) is 0.222. The molecular weight excluding hydrogens is 207 g/mol. The summed E-state index contributed by atoms with van der Waals surface area (Å²) in [5.41, 5.74) is 6.98. The number of nitrogens with zero attached hydrogens (tertiary/aromatic N) is 1. The summed E-state index contributed by atoms with van der Waals surface area (Å²) in [7, 11) is 0. The number of hydrogen-bond acceptors (Lipinski definition) is 2. The number of alkyl halides is 1. The van der Waals surface area contributed by atoms with Gasteiger partial charge in [0.15, 0.2) is 0 Å². The summed E-state index contributed by atoms with van der Waals surface area (Å²) in [6.07, 6.45) is 6.15. The molecule has 0 bridgehead atoms. The van der Waals surface area contributed by atoms with Crippen molar-refractivity contribution in [3.05, 3.63) is 29.1 Å². The molecule has 0 aromatic carbocycles. The molecule has 70 valence electrons. The van der Waals surface area contributed by atoms with Crippen LogP contribution in [0.25, 0.3) is 6.08 Å². The zero-order valence-electron chi connectivity index (χ0n) is 7.00. The van der Waals surface area contributed by atoms with Gasteiger partial charge in [0, 0.05) is 11.4 Å². The molecule has 4 heteroatoms. The first kappa shape index (κ1) is 10.4. The smallest absolute Gasteiger partial charge is 0.136 e. The van der Waals surface area contributed by atoms with Crippen LogP contribution in [-0.4, -0.2) is 10.9 Å². The molecule has 0 atom stereocenters. The number of hydrogen-bond donors (Lipinski definition) is 1. The minimum absolute atomic E-state index is 0.458. The Hall–Kier alpha value is -0.730. The summed E-state index contributed by atoms with van der Waals surface area (Å²) in [6, 6.07) is 1.78. The molecule has 0 amide bonds. The fourth-order valence-electron chi connectivity index (χ4n) is 0.872. The maximum atomic E-state index is 5.82. The average Bonchev–Trinajstić information content (AvgIpc) is 2.11. The summed E-state index contributed by atoms with van der Waals surface area (Å²) in [6.45, 7) is 0. The summed E-state index contributed by atoms with van der Waals surface area (Å²) < 4.78 is 0. The maximum Gasteiger partial charge on any atom is 0.136 e. The Balaban J connectivity index is 2.81. The van der Waals surface area contributed by atoms with Gasteiger partial charge in [0.1, 0.15) is 5.15 Å². The third-order valence-corrected chi connectivity index (χ3v) is 1.99. The van der Waals surface area contributed by atoms with E-state index in [0.717, 1.165) is 12.0 Å². The third-order valence-electron chi connectivity index (χ3n) is 1.46. The van der Waals surface area contributed by atoms with Crippen LogP contribution in [-0.2, 0) is 0 Å². The number of nitrogen functional groups attached to an aromatic ring is 1. The number of aromatic nitrogens is 1. The molecule has 13 heavy (non-hydrogen) atoms. The molecule has 0 saturated carbocycles. The van der Waals surface area contributed by atoms with Gasteiger partial charge in [-0.3, -0.25) is 0 Å². The van der Waals surface area contributed by atoms with E-state index < -0.39 is 0 Å². The van der Waals surface area contributed by atoms with E-state index in [-0.39, 0.29) is 0 Å². The van der Waals surface area contributed by atoms with Crippen molar-refractivity contribution in [2.75, 3.05) is 11.6 Å². The molecule has 1 heterocycles. The zero-order valence-corrected chi connectivity index (χ0v) is 8.52. The van der Waals surface area contributed by atoms with Crippen LogP contribution in [0.2, 0.25) is 5.15 Å². The Kier molecular flexibility index (Phi) is 4.06. The predicted octanol–water partition coefficient (Wildman–Crippen LogP) is 2.96. The average molecular weight is 217 g/mol. The van der Waals surface area contributed by atoms with Crippen LogP contribution in [0, 0.1) is 0 Å². The number of allylic oxidation sites excluding steroid dienone is 1. The Morgan fingerprint density at radius 1 is 1.54 bits per heavy atom. The first-order valence-corrected chi connectivity index (χ1v) is 4.79. The summed E-state index contributed by atoms with van der Waals surface area (Å²) in [5.74, 6) is 0.601. The minimum atomic E-state index is 0.458. The standard InChI is InChI=1S/C9H10Cl2N2/c10-4-2-1-3-7-5-8(12)6-13-9(7)11/h1,3,5-6H,2,4,12H2. The number of halogens is 2. The van der Waals surface area contributed by atoms with E-state index in [2.05, 4.69) is 4.98 Å². The van der Waals surface area contributed by atoms with E-state index in [1.165, 1.54) is 6.20 Å². The molecule has 0 saturated heterocycles. The third kappa shape index (κ3) is 3.25. The lowest BCUT2D eigenvalue weighted by Gasteiger charge is -1.98. The largest absolute Gasteiger partial charge is 0.397 e. The minimum Gasteiger partial charge on any atom is -0.397 e. The SMILES string of the molecule is Nc1cnc(Cl)c(C=CCCCl)c1. The molecule has 0 spiro atoms. The molecule has 0 aliphatic rings. The van der Waals surface area contributed by atoms with Gasteiger partial charge in [-0.15, -0.1) is 11.6 Å². The van der Waals surface area contributed by atoms with Gasteiger partial charge in [0.05, 0.1) is 11.9 Å². The number of rotatable bonds is 3. The molecule has 0 unspecified atom stereocenters. The first-order valence-electron chi connectivity index (χ1n) is 3.87. The van der Waals surface area contributed by atoms with Gasteiger partial charge >= 0.3 is 0 Å². The second-order valence-corrected chi connectivity index (χ2v) is 3.26. The van der Waals surface area contributed by atoms with Crippen LogP contribution in [0.1, 0.15) is 12.0 Å². The highest BCUT2D eigenvalue weighted by atomic mass is 35.5. The van der Waals surface area contributed by atoms with Crippen LogP contribution in [0.5, 0.6) is 0 Å². The van der Waals surface area contributed by atoms with Crippen LogP contribution >= 0.6 is 23.2 Å². The van der Waals surface area contributed by atoms with Crippen molar-refractivity contribution in [1.29, 1.82) is 0 Å². The summed E-state index contributed by atoms with van der Waals surface area (Å²) in [5, 5.41) is 0.458. The van der Waals surface area contributed by atoms with Gasteiger partial charge in [-0.2, -0.15) is 0 Å². The topological polar surface area (TPSA) is 38.9 Å². The van der Waals surface area contributed by atoms with Crippen LogP contribution < -0.4 is 5.73 Å². The molecule has 0 fully saturated rings. The molecule has 0 aliphatic carbocycles. The van der Waals surface area contributed by atoms with Gasteiger partial charge in [-0.1, -0.05) is 23.8 Å². The van der Waals surface area contributed by atoms with Crippen molar-refractivity contribution in [2.45, 2.75) is 6.42 Å². The van der Waals surface area contributed by atoms with Gasteiger partial charge in [0.2, 0.25) is 0 Å². The van der Waals surface area contributed by atoms with Crippen LogP contribution in [0.15, 0.2) is 18.3 Å². The van der Waals surface area contributed by atoms with Crippen molar-refractivity contribution in [3.8, 4) is 0 Å². The van der Waals surface area contributed by atoms with Gasteiger partial charge in [0.25, 0.3) is 0 Å². The highest BCUT2D eigenvalue weighted by Crippen LogP contribution is 2.17. The second kappa shape index (κ2) is 5.10. The van der Waals surface area contributed by atoms with E-state index in [4.69, 9.17) is 28.9 Å². The van der Waals surface area contributed by atoms with Crippen LogP contribution in [0.4, 0.5) is 5.69 Å². The lowest BCUT2D eigenvalue weighted by molar-refractivity contribution is 1.24. The Morgan fingerprint density at radius 2 is 2.31 bits per heavy atom. The monoisotopic (exact) mass is 216 g/mol. The molecular formula is C9H10Cl2N2. The zero-order chi connectivity index (χ0) is 9.68. The van der Waals surface area contributed by atoms with Crippen LogP contribution in [0.3, 0.4) is 0 Å². The lowest BCUT2D eigenvalue weighted by Crippen LogP contribution is -1.88. The van der Waals surface area contributed by atoms with Crippen molar-refractivity contribution in [1.82, 2.24) is 4.98 Å². The van der Waals surface area contributed by atoms with E-state index in [9.17, 15) is 0 Å². The summed E-state index contributed by atoms with van der Waals surface area (Å²) >= 11 is 11.3. The number of nitrogens with two attached hydrogens (primary N) is 1. The number of pyridine rings is 1. The highest BCUT2D eigenvalue weighted by molar-refractivity contribution is 6.30. The van der Waals surface area contributed by atoms with Gasteiger partial charge in [-0.05, 0) is 12.5 Å². The van der Waals surface area contributed by atoms with Crippen molar-refractivity contribution in [3.63, 3.8) is 0 Å². The number of anilines is 1. The summed E-state index contributed by atoms with van der Waals surface area (Å²) in [4.78, 5) is 3.91.